The maximum absolute atomic E-state index is 12.2. The largest absolute Gasteiger partial charge is 0.394 e. The summed E-state index contributed by atoms with van der Waals surface area (Å²) in [5.41, 5.74) is 6.47. The number of aliphatic hydroxyl groups excluding tert-OH is 1. The minimum atomic E-state index is -0.214. The lowest BCUT2D eigenvalue weighted by molar-refractivity contribution is 0.265. The number of hydrogen-bond donors (Lipinski definition) is 2. The lowest BCUT2D eigenvalue weighted by Crippen LogP contribution is -2.44. The monoisotopic (exact) mass is 358 g/mol. The quantitative estimate of drug-likeness (QED) is 0.818. The molecule has 0 aromatic carbocycles. The molecule has 2 atom stereocenters. The van der Waals surface area contributed by atoms with Crippen LogP contribution in [-0.4, -0.2) is 41.1 Å². The molecular weight excluding hydrogens is 336 g/mol. The van der Waals surface area contributed by atoms with Gasteiger partial charge in [0.05, 0.1) is 25.0 Å². The number of rotatable bonds is 5. The molecule has 1 heterocycles. The van der Waals surface area contributed by atoms with Crippen LogP contribution in [0.1, 0.15) is 25.7 Å². The predicted molar refractivity (Wildman–Crippen MR) is 86.5 cm³/mol. The van der Waals surface area contributed by atoms with Crippen molar-refractivity contribution in [1.82, 2.24) is 9.78 Å². The molecule has 1 aliphatic carbocycles. The molecule has 0 spiro atoms. The van der Waals surface area contributed by atoms with E-state index in [9.17, 15) is 4.79 Å². The first-order valence-corrected chi connectivity index (χ1v) is 8.18. The van der Waals surface area contributed by atoms with Gasteiger partial charge in [-0.05, 0) is 41.2 Å². The van der Waals surface area contributed by atoms with Gasteiger partial charge < -0.3 is 15.7 Å². The van der Waals surface area contributed by atoms with Crippen LogP contribution in [0.25, 0.3) is 0 Å². The lowest BCUT2D eigenvalue weighted by atomic mass is 9.83. The molecule has 1 aromatic rings. The molecule has 1 saturated carbocycles. The predicted octanol–water partition coefficient (Wildman–Crippen LogP) is 0.952. The summed E-state index contributed by atoms with van der Waals surface area (Å²) in [5, 5.41) is 13.1. The first-order chi connectivity index (χ1) is 10.1. The average Bonchev–Trinajstić information content (AvgIpc) is 2.51. The Morgan fingerprint density at radius 1 is 1.52 bits per heavy atom. The van der Waals surface area contributed by atoms with Gasteiger partial charge in [0.15, 0.2) is 0 Å². The molecule has 0 amide bonds. The lowest BCUT2D eigenvalue weighted by Gasteiger charge is -2.39. The molecule has 1 aliphatic rings. The Labute approximate surface area is 133 Å². The summed E-state index contributed by atoms with van der Waals surface area (Å²) in [6.45, 7) is 0.768. The van der Waals surface area contributed by atoms with Crippen molar-refractivity contribution in [2.45, 2.75) is 38.3 Å². The number of nitrogens with zero attached hydrogens (tertiary/aromatic N) is 3. The molecule has 3 N–H and O–H groups in total. The van der Waals surface area contributed by atoms with E-state index in [1.54, 1.807) is 6.20 Å². The van der Waals surface area contributed by atoms with Crippen molar-refractivity contribution < 1.29 is 5.11 Å². The fourth-order valence-corrected chi connectivity index (χ4v) is 3.69. The van der Waals surface area contributed by atoms with Crippen LogP contribution in [0.4, 0.5) is 5.69 Å². The van der Waals surface area contributed by atoms with Crippen LogP contribution in [0.5, 0.6) is 0 Å². The van der Waals surface area contributed by atoms with E-state index in [1.807, 2.05) is 7.05 Å². The van der Waals surface area contributed by atoms with Crippen LogP contribution >= 0.6 is 15.9 Å². The van der Waals surface area contributed by atoms with Crippen molar-refractivity contribution in [2.75, 3.05) is 25.1 Å². The Hall–Kier alpha value is -0.920. The van der Waals surface area contributed by atoms with Crippen LogP contribution in [0, 0.1) is 5.92 Å². The fourth-order valence-electron chi connectivity index (χ4n) is 3.11. The summed E-state index contributed by atoms with van der Waals surface area (Å²) in [6.07, 6.45) is 6.33. The molecule has 21 heavy (non-hydrogen) atoms. The van der Waals surface area contributed by atoms with E-state index in [4.69, 9.17) is 10.8 Å². The van der Waals surface area contributed by atoms with Crippen LogP contribution in [0.2, 0.25) is 0 Å². The van der Waals surface area contributed by atoms with Gasteiger partial charge >= 0.3 is 0 Å². The molecule has 2 rings (SSSR count). The van der Waals surface area contributed by atoms with E-state index < -0.39 is 0 Å². The van der Waals surface area contributed by atoms with Crippen LogP contribution in [0.15, 0.2) is 15.5 Å². The van der Waals surface area contributed by atoms with Crippen molar-refractivity contribution in [1.29, 1.82) is 0 Å². The maximum atomic E-state index is 12.2. The number of nitrogens with two attached hydrogens (primary N) is 1. The Morgan fingerprint density at radius 3 is 2.90 bits per heavy atom. The molecule has 1 aromatic heterocycles. The second kappa shape index (κ2) is 7.38. The third kappa shape index (κ3) is 3.46. The van der Waals surface area contributed by atoms with E-state index in [1.165, 1.54) is 17.5 Å². The smallest absolute Gasteiger partial charge is 0.283 e. The van der Waals surface area contributed by atoms with Gasteiger partial charge in [-0.15, -0.1) is 0 Å². The normalized spacial score (nSPS) is 22.3. The van der Waals surface area contributed by atoms with Crippen LogP contribution < -0.4 is 16.2 Å². The third-order valence-corrected chi connectivity index (χ3v) is 5.07. The first kappa shape index (κ1) is 16.5. The summed E-state index contributed by atoms with van der Waals surface area (Å²) < 4.78 is 1.76. The molecule has 1 fully saturated rings. The Bertz CT molecular complexity index is 534. The third-order valence-electron chi connectivity index (χ3n) is 4.33. The minimum absolute atomic E-state index is 0.105. The highest BCUT2D eigenvalue weighted by Crippen LogP contribution is 2.32. The Balaban J connectivity index is 2.28. The van der Waals surface area contributed by atoms with Crippen molar-refractivity contribution in [2.24, 2.45) is 11.7 Å². The SMILES string of the molecule is CN(c1cnn(CCO)c(=O)c1Br)C1CCCCC1CN. The molecule has 6 nitrogen and oxygen atoms in total. The van der Waals surface area contributed by atoms with E-state index in [-0.39, 0.29) is 18.7 Å². The van der Waals surface area contributed by atoms with Crippen molar-refractivity contribution in [3.05, 3.63) is 21.0 Å². The highest BCUT2D eigenvalue weighted by molar-refractivity contribution is 9.10. The van der Waals surface area contributed by atoms with Gasteiger partial charge in [0.1, 0.15) is 4.47 Å². The van der Waals surface area contributed by atoms with Gasteiger partial charge in [-0.25, -0.2) is 4.68 Å². The summed E-state index contributed by atoms with van der Waals surface area (Å²) in [7, 11) is 2.00. The number of aliphatic hydroxyl groups is 1. The van der Waals surface area contributed by atoms with Gasteiger partial charge in [-0.1, -0.05) is 12.8 Å². The highest BCUT2D eigenvalue weighted by atomic mass is 79.9. The van der Waals surface area contributed by atoms with E-state index in [0.717, 1.165) is 18.5 Å². The zero-order valence-electron chi connectivity index (χ0n) is 12.3. The minimum Gasteiger partial charge on any atom is -0.394 e. The van der Waals surface area contributed by atoms with E-state index >= 15 is 0 Å². The van der Waals surface area contributed by atoms with E-state index in [0.29, 0.717) is 23.0 Å². The topological polar surface area (TPSA) is 84.4 Å². The van der Waals surface area contributed by atoms with Crippen LogP contribution in [-0.2, 0) is 6.54 Å². The van der Waals surface area contributed by atoms with Gasteiger partial charge in [0.25, 0.3) is 5.56 Å². The summed E-state index contributed by atoms with van der Waals surface area (Å²) >= 11 is 3.38. The summed E-state index contributed by atoms with van der Waals surface area (Å²) in [6, 6.07) is 0.343. The number of aromatic nitrogens is 2. The molecule has 7 heteroatoms. The van der Waals surface area contributed by atoms with Crippen molar-refractivity contribution >= 4 is 21.6 Å². The molecular formula is C14H23BrN4O2. The second-order valence-corrected chi connectivity index (χ2v) is 6.35. The Morgan fingerprint density at radius 2 is 2.24 bits per heavy atom. The summed E-state index contributed by atoms with van der Waals surface area (Å²) in [4.78, 5) is 14.3. The van der Waals surface area contributed by atoms with Crippen LogP contribution in [0.3, 0.4) is 0 Å². The average molecular weight is 359 g/mol. The molecule has 0 radical (unpaired) electrons. The molecule has 0 aliphatic heterocycles. The van der Waals surface area contributed by atoms with Crippen molar-refractivity contribution in [3.8, 4) is 0 Å². The molecule has 0 saturated heterocycles. The maximum Gasteiger partial charge on any atom is 0.283 e. The highest BCUT2D eigenvalue weighted by Gasteiger charge is 2.29. The molecule has 2 unspecified atom stereocenters. The van der Waals surface area contributed by atoms with Gasteiger partial charge in [0.2, 0.25) is 0 Å². The van der Waals surface area contributed by atoms with Gasteiger partial charge in [-0.2, -0.15) is 5.10 Å². The van der Waals surface area contributed by atoms with Gasteiger partial charge in [0, 0.05) is 13.1 Å². The first-order valence-electron chi connectivity index (χ1n) is 7.39. The zero-order valence-corrected chi connectivity index (χ0v) is 13.9. The van der Waals surface area contributed by atoms with E-state index in [2.05, 4.69) is 25.9 Å². The van der Waals surface area contributed by atoms with Crippen molar-refractivity contribution in [3.63, 3.8) is 0 Å². The van der Waals surface area contributed by atoms with Gasteiger partial charge in [-0.3, -0.25) is 4.79 Å². The molecule has 118 valence electrons. The Kier molecular flexibility index (Phi) is 5.78. The standard InChI is InChI=1S/C14H23BrN4O2/c1-18(11-5-3-2-4-10(11)8-16)12-9-17-19(6-7-20)14(21)13(12)15/h9-11,20H,2-8,16H2,1H3. The molecule has 0 bridgehead atoms. The second-order valence-electron chi connectivity index (χ2n) is 5.55. The number of halogens is 1. The number of anilines is 1. The zero-order chi connectivity index (χ0) is 15.4. The fraction of sp³-hybridized carbons (Fsp3) is 0.714. The summed E-state index contributed by atoms with van der Waals surface area (Å²) in [5.74, 6) is 0.454. The number of hydrogen-bond acceptors (Lipinski definition) is 5.